The van der Waals surface area contributed by atoms with Gasteiger partial charge >= 0.3 is 0 Å². The zero-order valence-corrected chi connectivity index (χ0v) is 18.8. The number of hydrogen-bond donors (Lipinski definition) is 3. The highest BCUT2D eigenvalue weighted by molar-refractivity contribution is 7.89. The fourth-order valence-electron chi connectivity index (χ4n) is 3.30. The summed E-state index contributed by atoms with van der Waals surface area (Å²) in [5.74, 6) is -0.591. The number of benzene rings is 2. The van der Waals surface area contributed by atoms with E-state index in [1.54, 1.807) is 0 Å². The minimum atomic E-state index is -3.80. The molecule has 2 amide bonds. The number of sulfonamides is 1. The molecule has 2 aromatic rings. The fourth-order valence-corrected chi connectivity index (χ4v) is 4.41. The van der Waals surface area contributed by atoms with Crippen LogP contribution in [0.25, 0.3) is 0 Å². The van der Waals surface area contributed by atoms with E-state index in [0.29, 0.717) is 12.4 Å². The molecule has 3 N–H and O–H groups in total. The number of aryl methyl sites for hydroxylation is 2. The summed E-state index contributed by atoms with van der Waals surface area (Å²) < 4.78 is 38.5. The quantitative estimate of drug-likeness (QED) is 0.513. The molecule has 1 unspecified atom stereocenters. The number of nitrogens with one attached hydrogen (secondary N) is 3. The molecule has 2 aromatic carbocycles. The average Bonchev–Trinajstić information content (AvgIpc) is 3.30. The predicted molar refractivity (Wildman–Crippen MR) is 118 cm³/mol. The van der Waals surface area contributed by atoms with Crippen LogP contribution < -0.4 is 20.3 Å². The molecule has 0 bridgehead atoms. The van der Waals surface area contributed by atoms with Crippen molar-refractivity contribution in [1.29, 1.82) is 0 Å². The molecule has 1 heterocycles. The van der Waals surface area contributed by atoms with Crippen LogP contribution in [0.2, 0.25) is 0 Å². The van der Waals surface area contributed by atoms with Gasteiger partial charge < -0.3 is 9.47 Å². The van der Waals surface area contributed by atoms with Crippen molar-refractivity contribution in [2.24, 2.45) is 0 Å². The van der Waals surface area contributed by atoms with Crippen LogP contribution >= 0.6 is 0 Å². The lowest BCUT2D eigenvalue weighted by Crippen LogP contribution is -2.44. The van der Waals surface area contributed by atoms with Crippen molar-refractivity contribution >= 4 is 21.8 Å². The Bertz CT molecular complexity index is 1060. The van der Waals surface area contributed by atoms with Crippen molar-refractivity contribution in [3.8, 4) is 5.75 Å². The van der Waals surface area contributed by atoms with Crippen LogP contribution in [0, 0.1) is 13.8 Å². The second-order valence-corrected chi connectivity index (χ2v) is 9.29. The van der Waals surface area contributed by atoms with Crippen LogP contribution in [0.3, 0.4) is 0 Å². The Hall–Kier alpha value is -2.95. The Morgan fingerprint density at radius 2 is 1.81 bits per heavy atom. The summed E-state index contributed by atoms with van der Waals surface area (Å²) in [6.45, 7) is 4.27. The number of hydrazine groups is 1. The number of rotatable bonds is 8. The molecule has 0 aromatic heterocycles. The van der Waals surface area contributed by atoms with Gasteiger partial charge in [0, 0.05) is 18.7 Å². The van der Waals surface area contributed by atoms with Crippen molar-refractivity contribution < 1.29 is 27.5 Å². The van der Waals surface area contributed by atoms with Gasteiger partial charge in [-0.3, -0.25) is 20.4 Å². The topological polar surface area (TPSA) is 123 Å². The van der Waals surface area contributed by atoms with Gasteiger partial charge in [-0.25, -0.2) is 13.1 Å². The minimum Gasteiger partial charge on any atom is -0.483 e. The number of ether oxygens (including phenoxy) is 2. The largest absolute Gasteiger partial charge is 0.483 e. The summed E-state index contributed by atoms with van der Waals surface area (Å²) in [6, 6.07) is 11.2. The van der Waals surface area contributed by atoms with Gasteiger partial charge in [-0.1, -0.05) is 24.3 Å². The minimum absolute atomic E-state index is 0.0483. The molecule has 10 heteroatoms. The molecule has 1 saturated heterocycles. The van der Waals surface area contributed by atoms with E-state index in [0.717, 1.165) is 24.0 Å². The predicted octanol–water partition coefficient (Wildman–Crippen LogP) is 1.60. The van der Waals surface area contributed by atoms with E-state index in [2.05, 4.69) is 15.6 Å². The van der Waals surface area contributed by atoms with Crippen molar-refractivity contribution in [3.63, 3.8) is 0 Å². The summed E-state index contributed by atoms with van der Waals surface area (Å²) in [7, 11) is -3.80. The van der Waals surface area contributed by atoms with Gasteiger partial charge in [0.05, 0.1) is 11.0 Å². The summed E-state index contributed by atoms with van der Waals surface area (Å²) >= 11 is 0. The van der Waals surface area contributed by atoms with Gasteiger partial charge in [-0.15, -0.1) is 0 Å². The van der Waals surface area contributed by atoms with E-state index in [1.807, 2.05) is 32.0 Å². The maximum atomic E-state index is 12.5. The Morgan fingerprint density at radius 1 is 1.09 bits per heavy atom. The summed E-state index contributed by atoms with van der Waals surface area (Å²) in [4.78, 5) is 24.4. The van der Waals surface area contributed by atoms with E-state index in [4.69, 9.17) is 9.47 Å². The SMILES string of the molecule is Cc1cccc(C)c1OCC(=O)NNC(=O)c1cccc(S(=O)(=O)NCC2CCCO2)c1. The second-order valence-electron chi connectivity index (χ2n) is 7.53. The van der Waals surface area contributed by atoms with Crippen molar-refractivity contribution in [3.05, 3.63) is 59.2 Å². The molecule has 0 spiro atoms. The lowest BCUT2D eigenvalue weighted by molar-refractivity contribution is -0.123. The van der Waals surface area contributed by atoms with Gasteiger partial charge in [-0.2, -0.15) is 0 Å². The lowest BCUT2D eigenvalue weighted by Gasteiger charge is -2.13. The van der Waals surface area contributed by atoms with Crippen LogP contribution in [0.15, 0.2) is 47.4 Å². The highest BCUT2D eigenvalue weighted by Crippen LogP contribution is 2.22. The Morgan fingerprint density at radius 3 is 2.50 bits per heavy atom. The van der Waals surface area contributed by atoms with E-state index in [-0.39, 0.29) is 29.7 Å². The molecule has 1 aliphatic rings. The highest BCUT2D eigenvalue weighted by atomic mass is 32.2. The first-order valence-electron chi connectivity index (χ1n) is 10.3. The molecule has 3 rings (SSSR count). The maximum Gasteiger partial charge on any atom is 0.276 e. The monoisotopic (exact) mass is 461 g/mol. The molecule has 9 nitrogen and oxygen atoms in total. The summed E-state index contributed by atoms with van der Waals surface area (Å²) in [5, 5.41) is 0. The van der Waals surface area contributed by atoms with Gasteiger partial charge in [0.2, 0.25) is 10.0 Å². The number of carbonyl (C=O) groups is 2. The van der Waals surface area contributed by atoms with Gasteiger partial charge in [0.25, 0.3) is 11.8 Å². The van der Waals surface area contributed by atoms with Crippen LogP contribution in [0.5, 0.6) is 5.75 Å². The van der Waals surface area contributed by atoms with Crippen LogP contribution in [-0.4, -0.2) is 46.1 Å². The Balaban J connectivity index is 1.53. The van der Waals surface area contributed by atoms with E-state index in [9.17, 15) is 18.0 Å². The molecule has 1 fully saturated rings. The van der Waals surface area contributed by atoms with E-state index >= 15 is 0 Å². The average molecular weight is 462 g/mol. The smallest absolute Gasteiger partial charge is 0.276 e. The van der Waals surface area contributed by atoms with Gasteiger partial charge in [0.1, 0.15) is 5.75 Å². The number of hydrogen-bond acceptors (Lipinski definition) is 6. The first-order chi connectivity index (χ1) is 15.3. The third-order valence-electron chi connectivity index (χ3n) is 5.00. The van der Waals surface area contributed by atoms with Crippen molar-refractivity contribution in [1.82, 2.24) is 15.6 Å². The third kappa shape index (κ3) is 6.28. The Labute approximate surface area is 187 Å². The highest BCUT2D eigenvalue weighted by Gasteiger charge is 2.21. The fraction of sp³-hybridized carbons (Fsp3) is 0.364. The number of amides is 2. The van der Waals surface area contributed by atoms with Crippen molar-refractivity contribution in [2.75, 3.05) is 19.8 Å². The molecular weight excluding hydrogens is 434 g/mol. The molecule has 1 aliphatic heterocycles. The summed E-state index contributed by atoms with van der Waals surface area (Å²) in [5.41, 5.74) is 6.41. The van der Waals surface area contributed by atoms with Gasteiger partial charge in [0.15, 0.2) is 6.61 Å². The van der Waals surface area contributed by atoms with E-state index in [1.165, 1.54) is 24.3 Å². The molecule has 172 valence electrons. The van der Waals surface area contributed by atoms with E-state index < -0.39 is 21.8 Å². The Kier molecular flexibility index (Phi) is 7.84. The standard InChI is InChI=1S/C22H27N3O6S/c1-15-6-3-7-16(2)21(15)31-14-20(26)24-25-22(27)17-8-4-10-19(12-17)32(28,29)23-13-18-9-5-11-30-18/h3-4,6-8,10,12,18,23H,5,9,11,13-14H2,1-2H3,(H,24,26)(H,25,27). The normalized spacial score (nSPS) is 15.9. The zero-order chi connectivity index (χ0) is 23.1. The third-order valence-corrected chi connectivity index (χ3v) is 6.42. The van der Waals surface area contributed by atoms with Crippen LogP contribution in [-0.2, 0) is 19.6 Å². The molecule has 32 heavy (non-hydrogen) atoms. The van der Waals surface area contributed by atoms with Crippen molar-refractivity contribution in [2.45, 2.75) is 37.7 Å². The maximum absolute atomic E-state index is 12.5. The zero-order valence-electron chi connectivity index (χ0n) is 18.0. The van der Waals surface area contributed by atoms with Crippen LogP contribution in [0.1, 0.15) is 34.3 Å². The lowest BCUT2D eigenvalue weighted by atomic mass is 10.1. The second kappa shape index (κ2) is 10.6. The summed E-state index contributed by atoms with van der Waals surface area (Å²) in [6.07, 6.45) is 1.57. The molecule has 0 aliphatic carbocycles. The molecular formula is C22H27N3O6S. The van der Waals surface area contributed by atoms with Gasteiger partial charge in [-0.05, 0) is 56.0 Å². The first-order valence-corrected chi connectivity index (χ1v) is 11.7. The molecule has 0 saturated carbocycles. The number of para-hydroxylation sites is 1. The molecule has 1 atom stereocenters. The van der Waals surface area contributed by atoms with Crippen LogP contribution in [0.4, 0.5) is 0 Å². The first kappa shape index (κ1) is 23.7. The molecule has 0 radical (unpaired) electrons. The number of carbonyl (C=O) groups excluding carboxylic acids is 2.